The molecule has 0 aliphatic heterocycles. The predicted molar refractivity (Wildman–Crippen MR) is 79.7 cm³/mol. The molecule has 3 aromatic rings. The van der Waals surface area contributed by atoms with E-state index in [4.69, 9.17) is 9.63 Å². The second-order valence-corrected chi connectivity index (χ2v) is 4.70. The summed E-state index contributed by atoms with van der Waals surface area (Å²) in [5, 5.41) is 13.0. The highest BCUT2D eigenvalue weighted by Crippen LogP contribution is 2.26. The van der Waals surface area contributed by atoms with E-state index in [0.29, 0.717) is 22.6 Å². The van der Waals surface area contributed by atoms with Gasteiger partial charge in [-0.15, -0.1) is 0 Å². The molecule has 0 bridgehead atoms. The average Bonchev–Trinajstić information content (AvgIpc) is 3.05. The number of hydrogen-bond donors (Lipinski definition) is 1. The molecule has 0 radical (unpaired) electrons. The molecule has 0 saturated carbocycles. The van der Waals surface area contributed by atoms with Gasteiger partial charge in [0.05, 0.1) is 5.56 Å². The lowest BCUT2D eigenvalue weighted by atomic mass is 10.1. The van der Waals surface area contributed by atoms with E-state index >= 15 is 0 Å². The number of nitrogens with zero attached hydrogens (tertiary/aromatic N) is 1. The van der Waals surface area contributed by atoms with Gasteiger partial charge in [0.15, 0.2) is 5.76 Å². The highest BCUT2D eigenvalue weighted by molar-refractivity contribution is 5.89. The van der Waals surface area contributed by atoms with E-state index in [1.165, 1.54) is 6.07 Å². The minimum atomic E-state index is -0.991. The van der Waals surface area contributed by atoms with Gasteiger partial charge < -0.3 is 9.63 Å². The monoisotopic (exact) mass is 293 g/mol. The summed E-state index contributed by atoms with van der Waals surface area (Å²) in [5.41, 5.74) is 2.78. The lowest BCUT2D eigenvalue weighted by Crippen LogP contribution is -1.95. The minimum absolute atomic E-state index is 0.192. The number of carbonyl (C=O) groups is 2. The number of carbonyl (C=O) groups excluding carboxylic acids is 1. The first kappa shape index (κ1) is 13.8. The summed E-state index contributed by atoms with van der Waals surface area (Å²) in [5.74, 6) is -0.441. The summed E-state index contributed by atoms with van der Waals surface area (Å²) in [4.78, 5) is 21.6. The molecule has 1 heterocycles. The number of rotatable bonds is 4. The maximum Gasteiger partial charge on any atom is 0.335 e. The second kappa shape index (κ2) is 5.65. The molecule has 22 heavy (non-hydrogen) atoms. The summed E-state index contributed by atoms with van der Waals surface area (Å²) >= 11 is 0. The lowest BCUT2D eigenvalue weighted by Gasteiger charge is -1.97. The van der Waals surface area contributed by atoms with Crippen LogP contribution in [-0.4, -0.2) is 22.5 Å². The standard InChI is InChI=1S/C17H11NO4/c19-10-11-4-6-12(7-5-11)16-9-15(18-22-16)13-2-1-3-14(8-13)17(20)21/h1-10H,(H,20,21). The number of carboxylic acid groups (broad SMARTS) is 1. The Kier molecular flexibility index (Phi) is 3.53. The van der Waals surface area contributed by atoms with Crippen LogP contribution in [0.2, 0.25) is 0 Å². The number of aldehydes is 1. The molecular weight excluding hydrogens is 282 g/mol. The van der Waals surface area contributed by atoms with Crippen molar-refractivity contribution in [2.24, 2.45) is 0 Å². The third-order valence-electron chi connectivity index (χ3n) is 3.25. The SMILES string of the molecule is O=Cc1ccc(-c2cc(-c3cccc(C(=O)O)c3)no2)cc1. The molecule has 0 aliphatic rings. The fourth-order valence-electron chi connectivity index (χ4n) is 2.08. The van der Waals surface area contributed by atoms with Crippen LogP contribution in [0.1, 0.15) is 20.7 Å². The van der Waals surface area contributed by atoms with Gasteiger partial charge in [0.2, 0.25) is 0 Å². The van der Waals surface area contributed by atoms with Gasteiger partial charge in [-0.2, -0.15) is 0 Å². The smallest absolute Gasteiger partial charge is 0.335 e. The normalized spacial score (nSPS) is 10.4. The molecule has 5 heteroatoms. The van der Waals surface area contributed by atoms with Crippen LogP contribution in [0.15, 0.2) is 59.1 Å². The quantitative estimate of drug-likeness (QED) is 0.744. The number of aromatic nitrogens is 1. The lowest BCUT2D eigenvalue weighted by molar-refractivity contribution is 0.0696. The van der Waals surface area contributed by atoms with Gasteiger partial charge in [0.25, 0.3) is 0 Å². The van der Waals surface area contributed by atoms with Crippen LogP contribution in [0.3, 0.4) is 0 Å². The second-order valence-electron chi connectivity index (χ2n) is 4.70. The zero-order chi connectivity index (χ0) is 15.5. The molecule has 2 aromatic carbocycles. The Labute approximate surface area is 125 Å². The number of hydrogen-bond acceptors (Lipinski definition) is 4. The van der Waals surface area contributed by atoms with Crippen molar-refractivity contribution >= 4 is 12.3 Å². The van der Waals surface area contributed by atoms with Crippen molar-refractivity contribution in [3.63, 3.8) is 0 Å². The van der Waals surface area contributed by atoms with E-state index < -0.39 is 5.97 Å². The van der Waals surface area contributed by atoms with E-state index in [0.717, 1.165) is 11.8 Å². The third-order valence-corrected chi connectivity index (χ3v) is 3.25. The Balaban J connectivity index is 1.94. The van der Waals surface area contributed by atoms with Gasteiger partial charge in [-0.05, 0) is 12.1 Å². The fourth-order valence-corrected chi connectivity index (χ4v) is 2.08. The van der Waals surface area contributed by atoms with Crippen molar-refractivity contribution in [3.05, 3.63) is 65.7 Å². The van der Waals surface area contributed by atoms with Crippen LogP contribution >= 0.6 is 0 Å². The summed E-state index contributed by atoms with van der Waals surface area (Å²) in [6.07, 6.45) is 0.771. The largest absolute Gasteiger partial charge is 0.478 e. The zero-order valence-electron chi connectivity index (χ0n) is 11.4. The molecule has 0 amide bonds. The van der Waals surface area contributed by atoms with E-state index in [1.54, 1.807) is 48.5 Å². The number of benzene rings is 2. The van der Waals surface area contributed by atoms with E-state index in [1.807, 2.05) is 0 Å². The maximum atomic E-state index is 11.0. The highest BCUT2D eigenvalue weighted by atomic mass is 16.5. The Morgan fingerprint density at radius 2 is 1.82 bits per heavy atom. The summed E-state index contributed by atoms with van der Waals surface area (Å²) in [6, 6.07) is 15.1. The molecule has 1 aromatic heterocycles. The van der Waals surface area contributed by atoms with Gasteiger partial charge in [0.1, 0.15) is 12.0 Å². The van der Waals surface area contributed by atoms with Gasteiger partial charge in [-0.1, -0.05) is 41.6 Å². The third kappa shape index (κ3) is 2.64. The van der Waals surface area contributed by atoms with Crippen LogP contribution < -0.4 is 0 Å². The van der Waals surface area contributed by atoms with Crippen LogP contribution in [0, 0.1) is 0 Å². The first-order valence-electron chi connectivity index (χ1n) is 6.53. The minimum Gasteiger partial charge on any atom is -0.478 e. The van der Waals surface area contributed by atoms with E-state index in [-0.39, 0.29) is 5.56 Å². The fraction of sp³-hybridized carbons (Fsp3) is 0. The van der Waals surface area contributed by atoms with Gasteiger partial charge in [-0.25, -0.2) is 4.79 Å². The summed E-state index contributed by atoms with van der Waals surface area (Å²) in [6.45, 7) is 0. The molecule has 1 N–H and O–H groups in total. The van der Waals surface area contributed by atoms with E-state index in [2.05, 4.69) is 5.16 Å². The van der Waals surface area contributed by atoms with Crippen molar-refractivity contribution in [1.82, 2.24) is 5.16 Å². The van der Waals surface area contributed by atoms with Crippen LogP contribution in [-0.2, 0) is 0 Å². The van der Waals surface area contributed by atoms with Gasteiger partial charge in [-0.3, -0.25) is 4.79 Å². The molecule has 0 atom stereocenters. The molecule has 0 saturated heterocycles. The van der Waals surface area contributed by atoms with Crippen molar-refractivity contribution < 1.29 is 19.2 Å². The number of carboxylic acids is 1. The molecule has 3 rings (SSSR count). The average molecular weight is 293 g/mol. The molecule has 108 valence electrons. The molecule has 0 aliphatic carbocycles. The number of aromatic carboxylic acids is 1. The Morgan fingerprint density at radius 1 is 1.05 bits per heavy atom. The summed E-state index contributed by atoms with van der Waals surface area (Å²) < 4.78 is 5.29. The predicted octanol–water partition coefficient (Wildman–Crippen LogP) is 3.52. The zero-order valence-corrected chi connectivity index (χ0v) is 11.4. The Hall–Kier alpha value is -3.21. The summed E-state index contributed by atoms with van der Waals surface area (Å²) in [7, 11) is 0. The van der Waals surface area contributed by atoms with Crippen molar-refractivity contribution in [1.29, 1.82) is 0 Å². The van der Waals surface area contributed by atoms with Gasteiger partial charge in [0, 0.05) is 22.8 Å². The van der Waals surface area contributed by atoms with E-state index in [9.17, 15) is 9.59 Å². The molecular formula is C17H11NO4. The first-order chi connectivity index (χ1) is 10.7. The molecule has 5 nitrogen and oxygen atoms in total. The maximum absolute atomic E-state index is 11.0. The van der Waals surface area contributed by atoms with Gasteiger partial charge >= 0.3 is 5.97 Å². The molecule has 0 fully saturated rings. The van der Waals surface area contributed by atoms with Crippen LogP contribution in [0.4, 0.5) is 0 Å². The first-order valence-corrected chi connectivity index (χ1v) is 6.53. The van der Waals surface area contributed by atoms with Crippen LogP contribution in [0.25, 0.3) is 22.6 Å². The topological polar surface area (TPSA) is 80.4 Å². The molecule has 0 spiro atoms. The molecule has 0 unspecified atom stereocenters. The van der Waals surface area contributed by atoms with Crippen molar-refractivity contribution in [2.45, 2.75) is 0 Å². The van der Waals surface area contributed by atoms with Crippen molar-refractivity contribution in [2.75, 3.05) is 0 Å². The van der Waals surface area contributed by atoms with Crippen molar-refractivity contribution in [3.8, 4) is 22.6 Å². The Bertz CT molecular complexity index is 834. The Morgan fingerprint density at radius 3 is 2.50 bits per heavy atom. The highest BCUT2D eigenvalue weighted by Gasteiger charge is 2.10. The van der Waals surface area contributed by atoms with Crippen LogP contribution in [0.5, 0.6) is 0 Å².